The Balaban J connectivity index is 2.37. The minimum absolute atomic E-state index is 0.0149. The van der Waals surface area contributed by atoms with Crippen LogP contribution in [0.3, 0.4) is 0 Å². The van der Waals surface area contributed by atoms with E-state index in [0.717, 1.165) is 12.1 Å². The van der Waals surface area contributed by atoms with Crippen LogP contribution < -0.4 is 10.6 Å². The molecule has 0 aliphatic rings. The Hall–Kier alpha value is -2.18. The number of carbonyl (C=O) groups excluding carboxylic acids is 1. The molecule has 3 N–H and O–H groups in total. The summed E-state index contributed by atoms with van der Waals surface area (Å²) in [6.07, 6.45) is 0. The van der Waals surface area contributed by atoms with Crippen molar-refractivity contribution in [1.82, 2.24) is 10.6 Å². The molecule has 0 aliphatic heterocycles. The molecule has 0 bridgehead atoms. The lowest BCUT2D eigenvalue weighted by molar-refractivity contribution is -0.140. The molecule has 2 amide bonds. The van der Waals surface area contributed by atoms with Gasteiger partial charge in [0.2, 0.25) is 0 Å². The molecule has 0 saturated carbocycles. The van der Waals surface area contributed by atoms with Gasteiger partial charge in [-0.05, 0) is 17.7 Å². The summed E-state index contributed by atoms with van der Waals surface area (Å²) in [6, 6.07) is 2.72. The van der Waals surface area contributed by atoms with E-state index in [1.54, 1.807) is 0 Å². The van der Waals surface area contributed by atoms with Gasteiger partial charge in [-0.2, -0.15) is 0 Å². The molecule has 0 aromatic heterocycles. The summed E-state index contributed by atoms with van der Waals surface area (Å²) in [4.78, 5) is 21.8. The van der Waals surface area contributed by atoms with Gasteiger partial charge in [0.05, 0.1) is 5.92 Å². The van der Waals surface area contributed by atoms with Crippen LogP contribution in [-0.2, 0) is 11.3 Å². The molecule has 1 rings (SSSR count). The Morgan fingerprint density at radius 2 is 1.95 bits per heavy atom. The van der Waals surface area contributed by atoms with E-state index in [2.05, 4.69) is 10.6 Å². The monoisotopic (exact) mass is 272 g/mol. The minimum atomic E-state index is -1.01. The Morgan fingerprint density at radius 1 is 1.26 bits per heavy atom. The van der Waals surface area contributed by atoms with E-state index in [4.69, 9.17) is 5.11 Å². The third-order valence-electron chi connectivity index (χ3n) is 2.43. The predicted octanol–water partition coefficient (Wildman–Crippen LogP) is 1.48. The third kappa shape index (κ3) is 4.90. The van der Waals surface area contributed by atoms with Crippen molar-refractivity contribution < 1.29 is 23.5 Å². The first-order valence-corrected chi connectivity index (χ1v) is 5.58. The van der Waals surface area contributed by atoms with Gasteiger partial charge in [0.15, 0.2) is 11.6 Å². The van der Waals surface area contributed by atoms with Gasteiger partial charge in [-0.3, -0.25) is 4.79 Å². The summed E-state index contributed by atoms with van der Waals surface area (Å²) in [6.45, 7) is 1.46. The molecular formula is C12H14F2N2O3. The smallest absolute Gasteiger partial charge is 0.315 e. The minimum Gasteiger partial charge on any atom is -0.481 e. The number of rotatable bonds is 5. The number of urea groups is 1. The maximum absolute atomic E-state index is 12.9. The zero-order valence-electron chi connectivity index (χ0n) is 10.2. The van der Waals surface area contributed by atoms with Crippen LogP contribution in [0.4, 0.5) is 13.6 Å². The van der Waals surface area contributed by atoms with E-state index in [9.17, 15) is 18.4 Å². The molecule has 1 unspecified atom stereocenters. The molecule has 104 valence electrons. The predicted molar refractivity (Wildman–Crippen MR) is 63.4 cm³/mol. The van der Waals surface area contributed by atoms with Crippen LogP contribution in [0.25, 0.3) is 0 Å². The highest BCUT2D eigenvalue weighted by atomic mass is 19.2. The highest BCUT2D eigenvalue weighted by Gasteiger charge is 2.11. The molecule has 1 aromatic carbocycles. The van der Waals surface area contributed by atoms with E-state index in [1.807, 2.05) is 0 Å². The molecule has 0 heterocycles. The highest BCUT2D eigenvalue weighted by Crippen LogP contribution is 2.08. The van der Waals surface area contributed by atoms with Gasteiger partial charge in [-0.1, -0.05) is 13.0 Å². The van der Waals surface area contributed by atoms with Gasteiger partial charge < -0.3 is 15.7 Å². The Labute approximate surface area is 108 Å². The van der Waals surface area contributed by atoms with E-state index in [1.165, 1.54) is 13.0 Å². The first-order valence-electron chi connectivity index (χ1n) is 5.58. The SMILES string of the molecule is CC(CNC(=O)NCc1ccc(F)c(F)c1)C(=O)O. The van der Waals surface area contributed by atoms with Gasteiger partial charge in [-0.15, -0.1) is 0 Å². The lowest BCUT2D eigenvalue weighted by Crippen LogP contribution is -2.38. The summed E-state index contributed by atoms with van der Waals surface area (Å²) < 4.78 is 25.5. The van der Waals surface area contributed by atoms with Crippen molar-refractivity contribution in [3.63, 3.8) is 0 Å². The molecule has 19 heavy (non-hydrogen) atoms. The summed E-state index contributed by atoms with van der Waals surface area (Å²) in [5.74, 6) is -3.65. The standard InChI is InChI=1S/C12H14F2N2O3/c1-7(11(17)18)5-15-12(19)16-6-8-2-3-9(13)10(14)4-8/h2-4,7H,5-6H2,1H3,(H,17,18)(H2,15,16,19). The number of aliphatic carboxylic acids is 1. The summed E-state index contributed by atoms with van der Waals surface area (Å²) in [5.41, 5.74) is 0.403. The zero-order chi connectivity index (χ0) is 14.4. The number of nitrogens with one attached hydrogen (secondary N) is 2. The molecule has 1 aromatic rings. The van der Waals surface area contributed by atoms with Crippen LogP contribution in [0.15, 0.2) is 18.2 Å². The fraction of sp³-hybridized carbons (Fsp3) is 0.333. The lowest BCUT2D eigenvalue weighted by Gasteiger charge is -2.10. The Kier molecular flexibility index (Phi) is 5.23. The first kappa shape index (κ1) is 14.9. The van der Waals surface area contributed by atoms with Crippen LogP contribution >= 0.6 is 0 Å². The van der Waals surface area contributed by atoms with Crippen LogP contribution in [-0.4, -0.2) is 23.7 Å². The number of halogens is 2. The maximum atomic E-state index is 12.9. The molecule has 1 atom stereocenters. The topological polar surface area (TPSA) is 78.4 Å². The lowest BCUT2D eigenvalue weighted by atomic mass is 10.2. The van der Waals surface area contributed by atoms with E-state index in [0.29, 0.717) is 5.56 Å². The third-order valence-corrected chi connectivity index (χ3v) is 2.43. The second-order valence-corrected chi connectivity index (χ2v) is 4.05. The average molecular weight is 272 g/mol. The van der Waals surface area contributed by atoms with Crippen molar-refractivity contribution in [3.8, 4) is 0 Å². The summed E-state index contributed by atoms with van der Waals surface area (Å²) >= 11 is 0. The quantitative estimate of drug-likeness (QED) is 0.759. The zero-order valence-corrected chi connectivity index (χ0v) is 10.2. The van der Waals surface area contributed by atoms with Crippen molar-refractivity contribution in [2.24, 2.45) is 5.92 Å². The first-order chi connectivity index (χ1) is 8.90. The van der Waals surface area contributed by atoms with E-state index >= 15 is 0 Å². The maximum Gasteiger partial charge on any atom is 0.315 e. The largest absolute Gasteiger partial charge is 0.481 e. The summed E-state index contributed by atoms with van der Waals surface area (Å²) in [5, 5.41) is 13.4. The van der Waals surface area contributed by atoms with Crippen LogP contribution in [0.5, 0.6) is 0 Å². The number of carboxylic acids is 1. The van der Waals surface area contributed by atoms with Gasteiger partial charge in [0, 0.05) is 13.1 Å². The van der Waals surface area contributed by atoms with Crippen LogP contribution in [0.1, 0.15) is 12.5 Å². The van der Waals surface area contributed by atoms with E-state index in [-0.39, 0.29) is 13.1 Å². The van der Waals surface area contributed by atoms with Crippen molar-refractivity contribution in [1.29, 1.82) is 0 Å². The highest BCUT2D eigenvalue weighted by molar-refractivity contribution is 5.75. The average Bonchev–Trinajstić information content (AvgIpc) is 2.37. The molecule has 5 nitrogen and oxygen atoms in total. The van der Waals surface area contributed by atoms with Gasteiger partial charge in [0.25, 0.3) is 0 Å². The molecular weight excluding hydrogens is 258 g/mol. The van der Waals surface area contributed by atoms with Crippen molar-refractivity contribution in [3.05, 3.63) is 35.4 Å². The molecule has 0 aliphatic carbocycles. The molecule has 0 fully saturated rings. The molecule has 0 spiro atoms. The molecule has 7 heteroatoms. The molecule has 0 saturated heterocycles. The van der Waals surface area contributed by atoms with Crippen LogP contribution in [0.2, 0.25) is 0 Å². The fourth-order valence-corrected chi connectivity index (χ4v) is 1.23. The van der Waals surface area contributed by atoms with E-state index < -0.39 is 29.6 Å². The van der Waals surface area contributed by atoms with Gasteiger partial charge in [-0.25, -0.2) is 13.6 Å². The van der Waals surface area contributed by atoms with Gasteiger partial charge in [0.1, 0.15) is 0 Å². The molecule has 0 radical (unpaired) electrons. The number of hydrogen-bond donors (Lipinski definition) is 3. The number of hydrogen-bond acceptors (Lipinski definition) is 2. The number of carboxylic acid groups (broad SMARTS) is 1. The summed E-state index contributed by atoms with van der Waals surface area (Å²) in [7, 11) is 0. The van der Waals surface area contributed by atoms with Gasteiger partial charge >= 0.3 is 12.0 Å². The fourth-order valence-electron chi connectivity index (χ4n) is 1.23. The van der Waals surface area contributed by atoms with Crippen molar-refractivity contribution in [2.45, 2.75) is 13.5 Å². The number of benzene rings is 1. The Morgan fingerprint density at radius 3 is 2.53 bits per heavy atom. The second kappa shape index (κ2) is 6.67. The van der Waals surface area contributed by atoms with Crippen molar-refractivity contribution >= 4 is 12.0 Å². The van der Waals surface area contributed by atoms with Crippen LogP contribution in [0, 0.1) is 17.6 Å². The number of carbonyl (C=O) groups is 2. The normalized spacial score (nSPS) is 11.7. The Bertz CT molecular complexity index is 480. The number of amides is 2. The van der Waals surface area contributed by atoms with Crippen molar-refractivity contribution in [2.75, 3.05) is 6.54 Å². The second-order valence-electron chi connectivity index (χ2n) is 4.05.